The lowest BCUT2D eigenvalue weighted by Gasteiger charge is -2.05. The van der Waals surface area contributed by atoms with Gasteiger partial charge < -0.3 is 5.73 Å². The quantitative estimate of drug-likeness (QED) is 0.478. The van der Waals surface area contributed by atoms with Gasteiger partial charge in [0.2, 0.25) is 0 Å². The Hall–Kier alpha value is -2.17. The number of ketones is 1. The fourth-order valence-corrected chi connectivity index (χ4v) is 1.46. The second kappa shape index (κ2) is 4.57. The summed E-state index contributed by atoms with van der Waals surface area (Å²) in [5.41, 5.74) is 6.98. The summed E-state index contributed by atoms with van der Waals surface area (Å²) in [6.45, 7) is 3.03. The summed E-state index contributed by atoms with van der Waals surface area (Å²) in [5.74, 6) is -0.158. The maximum Gasteiger partial charge on any atom is 0.269 e. The average Bonchev–Trinajstić information content (AvgIpc) is 2.17. The van der Waals surface area contributed by atoms with E-state index in [1.165, 1.54) is 31.2 Å². The first-order valence-electron chi connectivity index (χ1n) is 4.65. The van der Waals surface area contributed by atoms with Gasteiger partial charge in [-0.3, -0.25) is 14.9 Å². The van der Waals surface area contributed by atoms with E-state index in [9.17, 15) is 14.9 Å². The van der Waals surface area contributed by atoms with Crippen molar-refractivity contribution in [3.8, 4) is 0 Å². The summed E-state index contributed by atoms with van der Waals surface area (Å²) < 4.78 is 0. The first-order chi connectivity index (χ1) is 7.43. The van der Waals surface area contributed by atoms with Crippen molar-refractivity contribution in [2.75, 3.05) is 0 Å². The summed E-state index contributed by atoms with van der Waals surface area (Å²) in [5, 5.41) is 10.5. The Kier molecular flexibility index (Phi) is 3.40. The Bertz CT molecular complexity index is 457. The van der Waals surface area contributed by atoms with E-state index in [-0.39, 0.29) is 11.5 Å². The standard InChI is InChI=1S/C11H12N2O3/c1-7(12)11(8(2)14)9-3-5-10(6-4-9)13(15)16/h3-6H,12H2,1-2H3/b11-7-. The molecular weight excluding hydrogens is 208 g/mol. The molecule has 1 rings (SSSR count). The smallest absolute Gasteiger partial charge is 0.269 e. The molecule has 0 amide bonds. The van der Waals surface area contributed by atoms with Crippen LogP contribution in [0.3, 0.4) is 0 Å². The molecule has 0 unspecified atom stereocenters. The van der Waals surface area contributed by atoms with E-state index in [1.807, 2.05) is 0 Å². The van der Waals surface area contributed by atoms with Crippen molar-refractivity contribution in [3.05, 3.63) is 45.6 Å². The number of rotatable bonds is 3. The fourth-order valence-electron chi connectivity index (χ4n) is 1.46. The van der Waals surface area contributed by atoms with Gasteiger partial charge in [0.1, 0.15) is 0 Å². The molecule has 1 aromatic rings. The maximum absolute atomic E-state index is 11.3. The third-order valence-corrected chi connectivity index (χ3v) is 2.11. The lowest BCUT2D eigenvalue weighted by molar-refractivity contribution is -0.384. The Morgan fingerprint density at radius 3 is 2.06 bits per heavy atom. The van der Waals surface area contributed by atoms with E-state index in [0.717, 1.165) is 0 Å². The Balaban J connectivity index is 3.20. The number of nitro groups is 1. The summed E-state index contributed by atoms with van der Waals surface area (Å²) >= 11 is 0. The number of non-ortho nitro benzene ring substituents is 1. The van der Waals surface area contributed by atoms with Gasteiger partial charge in [-0.25, -0.2) is 0 Å². The minimum Gasteiger partial charge on any atom is -0.402 e. The minimum atomic E-state index is -0.490. The van der Waals surface area contributed by atoms with Gasteiger partial charge in [0, 0.05) is 23.4 Å². The number of nitrogens with zero attached hydrogens (tertiary/aromatic N) is 1. The van der Waals surface area contributed by atoms with Crippen molar-refractivity contribution < 1.29 is 9.72 Å². The zero-order chi connectivity index (χ0) is 12.3. The van der Waals surface area contributed by atoms with Gasteiger partial charge in [-0.05, 0) is 31.5 Å². The zero-order valence-corrected chi connectivity index (χ0v) is 9.06. The predicted molar refractivity (Wildman–Crippen MR) is 60.6 cm³/mol. The van der Waals surface area contributed by atoms with Crippen LogP contribution in [0.1, 0.15) is 19.4 Å². The van der Waals surface area contributed by atoms with Crippen LogP contribution in [0, 0.1) is 10.1 Å². The lowest BCUT2D eigenvalue weighted by atomic mass is 10.0. The van der Waals surface area contributed by atoms with Crippen LogP contribution in [-0.4, -0.2) is 10.7 Å². The predicted octanol–water partition coefficient (Wildman–Crippen LogP) is 1.87. The molecule has 84 valence electrons. The molecule has 0 fully saturated rings. The number of nitrogens with two attached hydrogens (primary N) is 1. The molecular formula is C11H12N2O3. The highest BCUT2D eigenvalue weighted by atomic mass is 16.6. The number of benzene rings is 1. The van der Waals surface area contributed by atoms with Gasteiger partial charge >= 0.3 is 0 Å². The molecule has 0 saturated heterocycles. The van der Waals surface area contributed by atoms with E-state index in [1.54, 1.807) is 6.92 Å². The summed E-state index contributed by atoms with van der Waals surface area (Å²) in [6, 6.07) is 5.74. The first-order valence-corrected chi connectivity index (χ1v) is 4.65. The number of allylic oxidation sites excluding steroid dienone is 2. The highest BCUT2D eigenvalue weighted by Gasteiger charge is 2.11. The molecule has 5 nitrogen and oxygen atoms in total. The maximum atomic E-state index is 11.3. The zero-order valence-electron chi connectivity index (χ0n) is 9.06. The monoisotopic (exact) mass is 220 g/mol. The normalized spacial score (nSPS) is 11.9. The minimum absolute atomic E-state index is 0.0127. The van der Waals surface area contributed by atoms with Gasteiger partial charge in [0.05, 0.1) is 4.92 Å². The molecule has 0 radical (unpaired) electrons. The molecule has 0 heterocycles. The molecule has 0 bridgehead atoms. The summed E-state index contributed by atoms with van der Waals surface area (Å²) in [7, 11) is 0. The number of Topliss-reactive ketones (excluding diaryl/α,β-unsaturated/α-hetero) is 1. The highest BCUT2D eigenvalue weighted by Crippen LogP contribution is 2.20. The molecule has 2 N–H and O–H groups in total. The molecule has 0 aliphatic rings. The highest BCUT2D eigenvalue weighted by molar-refractivity contribution is 6.20. The van der Waals surface area contributed by atoms with Crippen molar-refractivity contribution in [2.24, 2.45) is 5.73 Å². The second-order valence-corrected chi connectivity index (χ2v) is 3.42. The van der Waals surface area contributed by atoms with E-state index >= 15 is 0 Å². The van der Waals surface area contributed by atoms with Crippen LogP contribution < -0.4 is 5.73 Å². The van der Waals surface area contributed by atoms with Crippen LogP contribution in [-0.2, 0) is 4.79 Å². The van der Waals surface area contributed by atoms with E-state index in [0.29, 0.717) is 16.8 Å². The Morgan fingerprint density at radius 2 is 1.75 bits per heavy atom. The van der Waals surface area contributed by atoms with E-state index in [4.69, 9.17) is 5.73 Å². The van der Waals surface area contributed by atoms with Crippen molar-refractivity contribution in [1.82, 2.24) is 0 Å². The van der Waals surface area contributed by atoms with E-state index in [2.05, 4.69) is 0 Å². The topological polar surface area (TPSA) is 86.2 Å². The molecule has 5 heteroatoms. The van der Waals surface area contributed by atoms with Gasteiger partial charge in [-0.2, -0.15) is 0 Å². The average molecular weight is 220 g/mol. The van der Waals surface area contributed by atoms with Crippen LogP contribution in [0.15, 0.2) is 30.0 Å². The van der Waals surface area contributed by atoms with Gasteiger partial charge in [0.15, 0.2) is 5.78 Å². The Labute approximate surface area is 92.7 Å². The number of carbonyl (C=O) groups excluding carboxylic acids is 1. The Morgan fingerprint density at radius 1 is 1.25 bits per heavy atom. The molecule has 1 aromatic carbocycles. The summed E-state index contributed by atoms with van der Waals surface area (Å²) in [4.78, 5) is 21.3. The van der Waals surface area contributed by atoms with Crippen molar-refractivity contribution in [1.29, 1.82) is 0 Å². The van der Waals surface area contributed by atoms with Gasteiger partial charge in [0.25, 0.3) is 5.69 Å². The number of carbonyl (C=O) groups is 1. The molecule has 16 heavy (non-hydrogen) atoms. The molecule has 0 atom stereocenters. The molecule has 0 aliphatic heterocycles. The molecule has 0 saturated carbocycles. The molecule has 0 aliphatic carbocycles. The number of nitro benzene ring substituents is 1. The van der Waals surface area contributed by atoms with Gasteiger partial charge in [-0.1, -0.05) is 0 Å². The first kappa shape index (κ1) is 11.9. The fraction of sp³-hybridized carbons (Fsp3) is 0.182. The number of hydrogen-bond acceptors (Lipinski definition) is 4. The van der Waals surface area contributed by atoms with E-state index < -0.39 is 4.92 Å². The lowest BCUT2D eigenvalue weighted by Crippen LogP contribution is -2.05. The summed E-state index contributed by atoms with van der Waals surface area (Å²) in [6.07, 6.45) is 0. The SMILES string of the molecule is CC(=O)/C(=C(\C)N)c1ccc([N+](=O)[O-])cc1. The largest absolute Gasteiger partial charge is 0.402 e. The second-order valence-electron chi connectivity index (χ2n) is 3.42. The third-order valence-electron chi connectivity index (χ3n) is 2.11. The molecule has 0 aromatic heterocycles. The van der Waals surface area contributed by atoms with Crippen LogP contribution in [0.5, 0.6) is 0 Å². The van der Waals surface area contributed by atoms with Gasteiger partial charge in [-0.15, -0.1) is 0 Å². The van der Waals surface area contributed by atoms with Crippen LogP contribution in [0.4, 0.5) is 5.69 Å². The number of hydrogen-bond donors (Lipinski definition) is 1. The van der Waals surface area contributed by atoms with Crippen molar-refractivity contribution in [3.63, 3.8) is 0 Å². The van der Waals surface area contributed by atoms with Crippen LogP contribution in [0.2, 0.25) is 0 Å². The third kappa shape index (κ3) is 2.44. The van der Waals surface area contributed by atoms with Crippen molar-refractivity contribution in [2.45, 2.75) is 13.8 Å². The van der Waals surface area contributed by atoms with Crippen LogP contribution in [0.25, 0.3) is 5.57 Å². The molecule has 0 spiro atoms. The van der Waals surface area contributed by atoms with Crippen LogP contribution >= 0.6 is 0 Å². The van der Waals surface area contributed by atoms with Crippen molar-refractivity contribution >= 4 is 17.0 Å².